The van der Waals surface area contributed by atoms with E-state index in [0.717, 1.165) is 29.4 Å². The molecule has 0 saturated carbocycles. The van der Waals surface area contributed by atoms with Crippen molar-refractivity contribution >= 4 is 10.8 Å². The zero-order valence-electron chi connectivity index (χ0n) is 12.9. The van der Waals surface area contributed by atoms with Crippen LogP contribution in [0.15, 0.2) is 47.3 Å². The maximum atomic E-state index is 12.4. The average molecular weight is 302 g/mol. The van der Waals surface area contributed by atoms with Gasteiger partial charge in [0, 0.05) is 23.9 Å². The third-order valence-electron chi connectivity index (χ3n) is 5.28. The fraction of sp³-hybridized carbons (Fsp3) is 0.250. The van der Waals surface area contributed by atoms with Crippen LogP contribution in [0.25, 0.3) is 22.0 Å². The molecule has 2 heterocycles. The predicted molar refractivity (Wildman–Crippen MR) is 92.7 cm³/mol. The summed E-state index contributed by atoms with van der Waals surface area (Å²) in [6.45, 7) is 3.44. The van der Waals surface area contributed by atoms with Crippen molar-refractivity contribution in [3.05, 3.63) is 69.5 Å². The molecule has 0 amide bonds. The van der Waals surface area contributed by atoms with E-state index in [0.29, 0.717) is 0 Å². The predicted octanol–water partition coefficient (Wildman–Crippen LogP) is 3.31. The van der Waals surface area contributed by atoms with E-state index in [4.69, 9.17) is 0 Å². The molecule has 1 N–H and O–H groups in total. The molecule has 114 valence electrons. The Hall–Kier alpha value is -2.39. The van der Waals surface area contributed by atoms with Crippen molar-refractivity contribution < 1.29 is 0 Å². The van der Waals surface area contributed by atoms with E-state index < -0.39 is 0 Å². The lowest BCUT2D eigenvalue weighted by Gasteiger charge is -2.31. The number of benzene rings is 2. The van der Waals surface area contributed by atoms with Gasteiger partial charge in [0.05, 0.1) is 5.69 Å². The van der Waals surface area contributed by atoms with Gasteiger partial charge in [-0.25, -0.2) is 0 Å². The topological polar surface area (TPSA) is 36.1 Å². The molecule has 5 rings (SSSR count). The summed E-state index contributed by atoms with van der Waals surface area (Å²) in [7, 11) is 0. The molecule has 1 fully saturated rings. The van der Waals surface area contributed by atoms with Crippen LogP contribution in [0, 0.1) is 0 Å². The van der Waals surface area contributed by atoms with E-state index >= 15 is 0 Å². The number of aromatic nitrogens is 1. The molecule has 0 unspecified atom stereocenters. The lowest BCUT2D eigenvalue weighted by Crippen LogP contribution is -2.36. The van der Waals surface area contributed by atoms with Gasteiger partial charge in [-0.3, -0.25) is 9.69 Å². The molecule has 1 aromatic heterocycles. The number of pyridine rings is 1. The SMILES string of the molecule is O=c1[nH]c2c(c3ccccc13)Cc1c(CN3CCC3)cccc1-2. The smallest absolute Gasteiger partial charge is 0.256 e. The van der Waals surface area contributed by atoms with Gasteiger partial charge in [-0.15, -0.1) is 0 Å². The Morgan fingerprint density at radius 1 is 0.957 bits per heavy atom. The molecule has 0 bridgehead atoms. The van der Waals surface area contributed by atoms with Gasteiger partial charge < -0.3 is 4.98 Å². The van der Waals surface area contributed by atoms with Crippen molar-refractivity contribution in [3.63, 3.8) is 0 Å². The summed E-state index contributed by atoms with van der Waals surface area (Å²) in [5.74, 6) is 0. The minimum Gasteiger partial charge on any atom is -0.321 e. The number of rotatable bonds is 2. The summed E-state index contributed by atoms with van der Waals surface area (Å²) in [6.07, 6.45) is 2.24. The number of hydrogen-bond acceptors (Lipinski definition) is 2. The third kappa shape index (κ3) is 1.90. The van der Waals surface area contributed by atoms with Crippen LogP contribution < -0.4 is 5.56 Å². The molecule has 1 aliphatic heterocycles. The first-order valence-corrected chi connectivity index (χ1v) is 8.28. The van der Waals surface area contributed by atoms with Gasteiger partial charge in [0.1, 0.15) is 0 Å². The number of fused-ring (bicyclic) bond motifs is 5. The first-order valence-electron chi connectivity index (χ1n) is 8.28. The van der Waals surface area contributed by atoms with Crippen LogP contribution in [0.5, 0.6) is 0 Å². The lowest BCUT2D eigenvalue weighted by molar-refractivity contribution is 0.172. The number of nitrogens with one attached hydrogen (secondary N) is 1. The van der Waals surface area contributed by atoms with E-state index in [1.165, 1.54) is 41.8 Å². The Labute approximate surface area is 134 Å². The highest BCUT2D eigenvalue weighted by molar-refractivity contribution is 5.93. The largest absolute Gasteiger partial charge is 0.321 e. The van der Waals surface area contributed by atoms with Crippen LogP contribution in [-0.4, -0.2) is 23.0 Å². The van der Waals surface area contributed by atoms with Crippen LogP contribution in [0.1, 0.15) is 23.1 Å². The van der Waals surface area contributed by atoms with Gasteiger partial charge in [-0.05, 0) is 47.7 Å². The van der Waals surface area contributed by atoms with Gasteiger partial charge >= 0.3 is 0 Å². The van der Waals surface area contributed by atoms with Gasteiger partial charge in [-0.1, -0.05) is 36.4 Å². The maximum Gasteiger partial charge on any atom is 0.256 e. The molecule has 3 heteroatoms. The van der Waals surface area contributed by atoms with Crippen LogP contribution in [-0.2, 0) is 13.0 Å². The Kier molecular flexibility index (Phi) is 2.73. The second kappa shape index (κ2) is 4.80. The number of nitrogens with zero attached hydrogens (tertiary/aromatic N) is 1. The van der Waals surface area contributed by atoms with Crippen LogP contribution in [0.4, 0.5) is 0 Å². The fourth-order valence-corrected chi connectivity index (χ4v) is 3.93. The van der Waals surface area contributed by atoms with Crippen molar-refractivity contribution in [1.82, 2.24) is 9.88 Å². The van der Waals surface area contributed by atoms with Crippen LogP contribution in [0.3, 0.4) is 0 Å². The van der Waals surface area contributed by atoms with Gasteiger partial charge in [0.15, 0.2) is 0 Å². The Morgan fingerprint density at radius 3 is 2.57 bits per heavy atom. The molecule has 0 radical (unpaired) electrons. The first-order chi connectivity index (χ1) is 11.3. The standard InChI is InChI=1S/C20H18N2O/c23-20-16-7-2-1-6-14(16)18-11-17-13(12-22-9-4-10-22)5-3-8-15(17)19(18)21-20/h1-3,5-8H,4,9-12H2,(H,21,23). The number of likely N-dealkylation sites (tertiary alicyclic amines) is 1. The maximum absolute atomic E-state index is 12.4. The first kappa shape index (κ1) is 13.1. The summed E-state index contributed by atoms with van der Waals surface area (Å²) in [6, 6.07) is 14.4. The molecule has 3 aromatic rings. The monoisotopic (exact) mass is 302 g/mol. The summed E-state index contributed by atoms with van der Waals surface area (Å²) >= 11 is 0. The van der Waals surface area contributed by atoms with Crippen molar-refractivity contribution in [1.29, 1.82) is 0 Å². The van der Waals surface area contributed by atoms with Crippen LogP contribution in [0.2, 0.25) is 0 Å². The third-order valence-corrected chi connectivity index (χ3v) is 5.28. The number of hydrogen-bond donors (Lipinski definition) is 1. The average Bonchev–Trinajstić information content (AvgIpc) is 2.91. The van der Waals surface area contributed by atoms with E-state index in [-0.39, 0.29) is 5.56 Å². The van der Waals surface area contributed by atoms with Gasteiger partial charge in [0.2, 0.25) is 0 Å². The quantitative estimate of drug-likeness (QED) is 0.617. The normalized spacial score (nSPS) is 16.2. The summed E-state index contributed by atoms with van der Waals surface area (Å²) < 4.78 is 0. The van der Waals surface area contributed by atoms with E-state index in [1.54, 1.807) is 0 Å². The van der Waals surface area contributed by atoms with Crippen molar-refractivity contribution in [2.45, 2.75) is 19.4 Å². The van der Waals surface area contributed by atoms with Crippen molar-refractivity contribution in [2.75, 3.05) is 13.1 Å². The second-order valence-electron chi connectivity index (χ2n) is 6.60. The minimum atomic E-state index is 0.0142. The molecular weight excluding hydrogens is 284 g/mol. The second-order valence-corrected chi connectivity index (χ2v) is 6.60. The zero-order chi connectivity index (χ0) is 15.4. The number of aromatic amines is 1. The highest BCUT2D eigenvalue weighted by Crippen LogP contribution is 2.39. The molecule has 3 nitrogen and oxygen atoms in total. The molecule has 1 aliphatic carbocycles. The van der Waals surface area contributed by atoms with Crippen molar-refractivity contribution in [3.8, 4) is 11.3 Å². The van der Waals surface area contributed by atoms with E-state index in [9.17, 15) is 4.79 Å². The van der Waals surface area contributed by atoms with E-state index in [2.05, 4.69) is 34.1 Å². The summed E-state index contributed by atoms with van der Waals surface area (Å²) in [4.78, 5) is 18.0. The molecule has 23 heavy (non-hydrogen) atoms. The fourth-order valence-electron chi connectivity index (χ4n) is 3.93. The summed E-state index contributed by atoms with van der Waals surface area (Å²) in [5.41, 5.74) is 6.31. The zero-order valence-corrected chi connectivity index (χ0v) is 12.9. The minimum absolute atomic E-state index is 0.0142. The molecule has 0 spiro atoms. The molecule has 2 aliphatic rings. The van der Waals surface area contributed by atoms with Gasteiger partial charge in [-0.2, -0.15) is 0 Å². The Balaban J connectivity index is 1.70. The Morgan fingerprint density at radius 2 is 1.78 bits per heavy atom. The van der Waals surface area contributed by atoms with Crippen molar-refractivity contribution in [2.24, 2.45) is 0 Å². The molecular formula is C20H18N2O. The lowest BCUT2D eigenvalue weighted by atomic mass is 10.0. The van der Waals surface area contributed by atoms with Crippen LogP contribution >= 0.6 is 0 Å². The highest BCUT2D eigenvalue weighted by Gasteiger charge is 2.25. The molecule has 2 aromatic carbocycles. The van der Waals surface area contributed by atoms with E-state index in [1.807, 2.05) is 18.2 Å². The number of H-pyrrole nitrogens is 1. The summed E-state index contributed by atoms with van der Waals surface area (Å²) in [5, 5.41) is 1.89. The van der Waals surface area contributed by atoms with Gasteiger partial charge in [0.25, 0.3) is 5.56 Å². The molecule has 1 saturated heterocycles. The highest BCUT2D eigenvalue weighted by atomic mass is 16.1. The Bertz CT molecular complexity index is 983. The molecule has 0 atom stereocenters.